The average Bonchev–Trinajstić information content (AvgIpc) is 3.02. The molecule has 0 unspecified atom stereocenters. The summed E-state index contributed by atoms with van der Waals surface area (Å²) >= 11 is 1.18. The normalized spacial score (nSPS) is 11.8. The third-order valence-electron chi connectivity index (χ3n) is 3.88. The van der Waals surface area contributed by atoms with Gasteiger partial charge < -0.3 is 15.2 Å². The second-order valence-electron chi connectivity index (χ2n) is 8.28. The molecule has 0 saturated heterocycles. The Morgan fingerprint density at radius 3 is 2.34 bits per heavy atom. The molecular weight excluding hydrogens is 395 g/mol. The Hall–Kier alpha value is -2.74. The van der Waals surface area contributed by atoms with Gasteiger partial charge in [-0.3, -0.25) is 10.2 Å². The Balaban J connectivity index is 2.08. The van der Waals surface area contributed by atoms with E-state index in [0.29, 0.717) is 6.42 Å². The molecule has 1 aromatic heterocycles. The summed E-state index contributed by atoms with van der Waals surface area (Å²) < 4.78 is 24.6. The third kappa shape index (κ3) is 6.12. The molecule has 0 amide bonds. The first kappa shape index (κ1) is 22.5. The number of halogens is 1. The Morgan fingerprint density at radius 2 is 1.79 bits per heavy atom. The second-order valence-corrected chi connectivity index (χ2v) is 9.45. The number of thiophene rings is 1. The first-order valence-corrected chi connectivity index (χ1v) is 9.78. The lowest BCUT2D eigenvalue weighted by Gasteiger charge is -2.28. The van der Waals surface area contributed by atoms with Crippen molar-refractivity contribution in [1.82, 2.24) is 0 Å². The maximum Gasteiger partial charge on any atom is 0.353 e. The predicted molar refractivity (Wildman–Crippen MR) is 110 cm³/mol. The molecule has 1 aromatic carbocycles. The number of carbonyl (C=O) groups is 2. The molecule has 0 spiro atoms. The molecule has 2 rings (SSSR count). The van der Waals surface area contributed by atoms with Crippen molar-refractivity contribution in [1.29, 1.82) is 5.41 Å². The molecule has 0 bridgehead atoms. The molecule has 0 aliphatic rings. The fraction of sp³-hybridized carbons (Fsp3) is 0.381. The van der Waals surface area contributed by atoms with Gasteiger partial charge >= 0.3 is 11.9 Å². The van der Waals surface area contributed by atoms with Gasteiger partial charge in [-0.2, -0.15) is 0 Å². The highest BCUT2D eigenvalue weighted by Gasteiger charge is 2.33. The van der Waals surface area contributed by atoms with Crippen molar-refractivity contribution in [2.45, 2.75) is 46.6 Å². The van der Waals surface area contributed by atoms with E-state index in [9.17, 15) is 14.0 Å². The Bertz CT molecular complexity index is 944. The maximum absolute atomic E-state index is 14.1. The number of hydrogen-bond donors (Lipinski definition) is 2. The minimum Gasteiger partial charge on any atom is -0.460 e. The van der Waals surface area contributed by atoms with Crippen molar-refractivity contribution in [3.8, 4) is 5.75 Å². The quantitative estimate of drug-likeness (QED) is 0.314. The number of amidine groups is 1. The van der Waals surface area contributed by atoms with Crippen molar-refractivity contribution in [2.75, 3.05) is 0 Å². The van der Waals surface area contributed by atoms with Gasteiger partial charge in [-0.25, -0.2) is 9.18 Å². The minimum absolute atomic E-state index is 0.199. The van der Waals surface area contributed by atoms with E-state index >= 15 is 0 Å². The van der Waals surface area contributed by atoms with Gasteiger partial charge in [-0.15, -0.1) is 11.3 Å². The number of esters is 2. The molecule has 6 nitrogen and oxygen atoms in total. The molecule has 0 atom stereocenters. The average molecular weight is 421 g/mol. The highest BCUT2D eigenvalue weighted by atomic mass is 32.1. The maximum atomic E-state index is 14.1. The summed E-state index contributed by atoms with van der Waals surface area (Å²) in [5.74, 6) is -2.34. The molecule has 29 heavy (non-hydrogen) atoms. The summed E-state index contributed by atoms with van der Waals surface area (Å²) in [5, 5.41) is 7.30. The summed E-state index contributed by atoms with van der Waals surface area (Å²) in [7, 11) is 0. The number of rotatable bonds is 6. The lowest BCUT2D eigenvalue weighted by atomic mass is 9.88. The van der Waals surface area contributed by atoms with E-state index in [1.807, 2.05) is 20.8 Å². The fourth-order valence-electron chi connectivity index (χ4n) is 2.41. The van der Waals surface area contributed by atoms with E-state index in [1.54, 1.807) is 26.0 Å². The molecule has 0 saturated carbocycles. The van der Waals surface area contributed by atoms with Gasteiger partial charge in [0.2, 0.25) is 0 Å². The third-order valence-corrected chi connectivity index (χ3v) is 4.94. The first-order valence-electron chi connectivity index (χ1n) is 8.97. The molecule has 8 heteroatoms. The van der Waals surface area contributed by atoms with Crippen LogP contribution in [0.4, 0.5) is 4.39 Å². The van der Waals surface area contributed by atoms with Gasteiger partial charge in [0.15, 0.2) is 11.6 Å². The van der Waals surface area contributed by atoms with Gasteiger partial charge in [0, 0.05) is 10.4 Å². The number of nitrogens with one attached hydrogen (secondary N) is 1. The standard InChI is InChI=1S/C21H25FN2O4S/c1-20(2,3)28-19(26)21(4,5)11-13-7-9-16(29-13)18(25)27-15-8-6-12(17(23)24)10-14(15)22/h6-10H,11H2,1-5H3,(H3,23,24). The molecule has 156 valence electrons. The van der Waals surface area contributed by atoms with Gasteiger partial charge in [0.05, 0.1) is 5.41 Å². The SMILES string of the molecule is CC(C)(C)OC(=O)C(C)(C)Cc1ccc(C(=O)Oc2ccc(C(=N)N)cc2F)s1. The lowest BCUT2D eigenvalue weighted by molar-refractivity contribution is -0.165. The molecule has 1 heterocycles. The number of nitrogens with two attached hydrogens (primary N) is 1. The summed E-state index contributed by atoms with van der Waals surface area (Å²) in [6.07, 6.45) is 0.390. The van der Waals surface area contributed by atoms with E-state index in [-0.39, 0.29) is 28.0 Å². The Kier molecular flexibility index (Phi) is 6.47. The van der Waals surface area contributed by atoms with Crippen molar-refractivity contribution >= 4 is 29.1 Å². The number of carbonyl (C=O) groups excluding carboxylic acids is 2. The van der Waals surface area contributed by atoms with Crippen LogP contribution >= 0.6 is 11.3 Å². The topological polar surface area (TPSA) is 102 Å². The zero-order valence-corrected chi connectivity index (χ0v) is 17.9. The van der Waals surface area contributed by atoms with Crippen molar-refractivity contribution in [2.24, 2.45) is 11.1 Å². The van der Waals surface area contributed by atoms with Crippen LogP contribution in [0.25, 0.3) is 0 Å². The van der Waals surface area contributed by atoms with Gasteiger partial charge in [-0.1, -0.05) is 0 Å². The Morgan fingerprint density at radius 1 is 1.14 bits per heavy atom. The van der Waals surface area contributed by atoms with Crippen molar-refractivity contribution in [3.05, 3.63) is 51.5 Å². The van der Waals surface area contributed by atoms with Crippen molar-refractivity contribution in [3.63, 3.8) is 0 Å². The second kappa shape index (κ2) is 8.32. The molecule has 0 fully saturated rings. The highest BCUT2D eigenvalue weighted by Crippen LogP contribution is 2.30. The van der Waals surface area contributed by atoms with Gasteiger partial charge in [0.1, 0.15) is 16.3 Å². The fourth-order valence-corrected chi connectivity index (χ4v) is 3.52. The minimum atomic E-state index is -0.783. The molecular formula is C21H25FN2O4S. The lowest BCUT2D eigenvalue weighted by Crippen LogP contribution is -2.35. The molecule has 0 aliphatic carbocycles. The number of nitrogen functional groups attached to an aromatic ring is 1. The molecule has 0 radical (unpaired) electrons. The van der Waals surface area contributed by atoms with Crippen LogP contribution < -0.4 is 10.5 Å². The van der Waals surface area contributed by atoms with Crippen LogP contribution in [-0.2, 0) is 16.0 Å². The van der Waals surface area contributed by atoms with Crippen LogP contribution in [0.3, 0.4) is 0 Å². The van der Waals surface area contributed by atoms with Crippen LogP contribution in [-0.4, -0.2) is 23.4 Å². The first-order chi connectivity index (χ1) is 13.3. The van der Waals surface area contributed by atoms with Gasteiger partial charge in [-0.05, 0) is 71.4 Å². The van der Waals surface area contributed by atoms with E-state index < -0.39 is 22.8 Å². The van der Waals surface area contributed by atoms with E-state index in [4.69, 9.17) is 20.6 Å². The zero-order chi connectivity index (χ0) is 22.0. The highest BCUT2D eigenvalue weighted by molar-refractivity contribution is 7.13. The van der Waals surface area contributed by atoms with E-state index in [2.05, 4.69) is 0 Å². The number of benzene rings is 1. The van der Waals surface area contributed by atoms with E-state index in [1.165, 1.54) is 23.5 Å². The molecule has 2 aromatic rings. The van der Waals surface area contributed by atoms with Crippen LogP contribution in [0.5, 0.6) is 5.75 Å². The summed E-state index contributed by atoms with van der Waals surface area (Å²) in [4.78, 5) is 25.8. The van der Waals surface area contributed by atoms with Crippen LogP contribution in [0.2, 0.25) is 0 Å². The number of ether oxygens (including phenoxy) is 2. The zero-order valence-electron chi connectivity index (χ0n) is 17.1. The predicted octanol–water partition coefficient (Wildman–Crippen LogP) is 4.30. The van der Waals surface area contributed by atoms with Crippen LogP contribution in [0.15, 0.2) is 30.3 Å². The molecule has 0 aliphatic heterocycles. The van der Waals surface area contributed by atoms with Crippen LogP contribution in [0.1, 0.15) is 54.7 Å². The molecule has 3 N–H and O–H groups in total. The van der Waals surface area contributed by atoms with Gasteiger partial charge in [0.25, 0.3) is 0 Å². The monoisotopic (exact) mass is 420 g/mol. The van der Waals surface area contributed by atoms with Crippen LogP contribution in [0, 0.1) is 16.6 Å². The smallest absolute Gasteiger partial charge is 0.353 e. The van der Waals surface area contributed by atoms with Crippen molar-refractivity contribution < 1.29 is 23.5 Å². The largest absolute Gasteiger partial charge is 0.460 e. The summed E-state index contributed by atoms with van der Waals surface area (Å²) in [5.41, 5.74) is 4.16. The summed E-state index contributed by atoms with van der Waals surface area (Å²) in [6, 6.07) is 7.01. The Labute approximate surface area is 173 Å². The number of hydrogen-bond acceptors (Lipinski definition) is 6. The van der Waals surface area contributed by atoms with E-state index in [0.717, 1.165) is 10.9 Å². The summed E-state index contributed by atoms with van der Waals surface area (Å²) in [6.45, 7) is 8.99.